The van der Waals surface area contributed by atoms with E-state index in [1.807, 2.05) is 0 Å². The third kappa shape index (κ3) is 4.90. The van der Waals surface area contributed by atoms with Crippen LogP contribution in [-0.2, 0) is 23.8 Å². The van der Waals surface area contributed by atoms with E-state index < -0.39 is 17.4 Å². The van der Waals surface area contributed by atoms with Crippen LogP contribution in [0.15, 0.2) is 173 Å². The number of halogens is 2. The molecule has 0 amide bonds. The summed E-state index contributed by atoms with van der Waals surface area (Å²) in [4.78, 5) is 0. The van der Waals surface area contributed by atoms with Crippen molar-refractivity contribution in [2.75, 3.05) is 0 Å². The Kier molecular flexibility index (Phi) is 9.12. The molecule has 0 unspecified atom stereocenters. The Morgan fingerprint density at radius 2 is 1.02 bits per heavy atom. The van der Waals surface area contributed by atoms with E-state index in [1.54, 1.807) is 6.55 Å². The zero-order chi connectivity index (χ0) is 29.6. The van der Waals surface area contributed by atoms with Crippen LogP contribution in [0.25, 0.3) is 33.4 Å². The number of hydrogen-bond donors (Lipinski definition) is 0. The van der Waals surface area contributed by atoms with Crippen LogP contribution in [0.3, 0.4) is 0 Å². The second kappa shape index (κ2) is 12.9. The summed E-state index contributed by atoms with van der Waals surface area (Å²) < 4.78 is 6.26. The summed E-state index contributed by atoms with van der Waals surface area (Å²) in [5.74, 6) is 0. The van der Waals surface area contributed by atoms with Gasteiger partial charge in [0.05, 0.1) is 0 Å². The summed E-state index contributed by atoms with van der Waals surface area (Å²) in [6, 6.07) is 57.1. The molecule has 8 rings (SSSR count). The van der Waals surface area contributed by atoms with Crippen LogP contribution in [-0.4, -0.2) is 6.88 Å². The number of hydrogen-bond acceptors (Lipinski definition) is 0. The van der Waals surface area contributed by atoms with Gasteiger partial charge in [-0.15, -0.1) is 24.8 Å². The normalized spacial score (nSPS) is 13.2. The van der Waals surface area contributed by atoms with Crippen molar-refractivity contribution in [3.63, 3.8) is 0 Å². The maximum absolute atomic E-state index is 4.56. The van der Waals surface area contributed by atoms with E-state index in [1.165, 1.54) is 51.1 Å². The molecular weight excluding hydrogens is 695 g/mol. The molecule has 0 heterocycles. The fourth-order valence-corrected chi connectivity index (χ4v) is 30.9. The van der Waals surface area contributed by atoms with E-state index in [9.17, 15) is 0 Å². The molecule has 4 heteroatoms. The van der Waals surface area contributed by atoms with E-state index in [0.29, 0.717) is 0 Å². The van der Waals surface area contributed by atoms with Crippen LogP contribution in [0.5, 0.6) is 0 Å². The second-order valence-electron chi connectivity index (χ2n) is 12.3. The van der Waals surface area contributed by atoms with Crippen molar-refractivity contribution < 1.29 is 17.4 Å². The Bertz CT molecular complexity index is 2110. The van der Waals surface area contributed by atoms with Gasteiger partial charge in [-0.2, -0.15) is 0 Å². The first-order valence-electron chi connectivity index (χ1n) is 15.6. The summed E-state index contributed by atoms with van der Waals surface area (Å²) >= 11 is -4.56. The maximum atomic E-state index is 2.47. The Hall–Kier alpha value is -3.52. The van der Waals surface area contributed by atoms with Gasteiger partial charge in [0, 0.05) is 0 Å². The molecule has 0 saturated carbocycles. The van der Waals surface area contributed by atoms with Gasteiger partial charge < -0.3 is 0 Å². The zero-order valence-electron chi connectivity index (χ0n) is 25.6. The summed E-state index contributed by atoms with van der Waals surface area (Å²) in [5, 5.41) is 0. The Morgan fingerprint density at radius 3 is 1.59 bits per heavy atom. The van der Waals surface area contributed by atoms with Gasteiger partial charge in [0.15, 0.2) is 0 Å². The molecule has 0 N–H and O–H groups in total. The van der Waals surface area contributed by atoms with Crippen LogP contribution in [0.2, 0.25) is 0 Å². The fourth-order valence-electron chi connectivity index (χ4n) is 8.03. The van der Waals surface area contributed by atoms with Crippen LogP contribution in [0.1, 0.15) is 17.5 Å². The topological polar surface area (TPSA) is 0 Å². The zero-order valence-corrected chi connectivity index (χ0v) is 31.1. The monoisotopic (exact) mass is 728 g/mol. The fraction of sp³-hybridized carbons (Fsp3) is 0.0476. The van der Waals surface area contributed by atoms with E-state index >= 15 is 0 Å². The molecule has 0 spiro atoms. The molecule has 0 atom stereocenters. The van der Waals surface area contributed by atoms with Crippen molar-refractivity contribution in [2.45, 2.75) is 12.8 Å². The molecule has 0 aliphatic heterocycles. The van der Waals surface area contributed by atoms with Gasteiger partial charge in [-0.25, -0.2) is 0 Å². The molecule has 2 aliphatic carbocycles. The molecule has 226 valence electrons. The Morgan fingerprint density at radius 1 is 0.500 bits per heavy atom. The first-order chi connectivity index (χ1) is 21.7. The van der Waals surface area contributed by atoms with Crippen molar-refractivity contribution in [2.24, 2.45) is 0 Å². The van der Waals surface area contributed by atoms with Crippen molar-refractivity contribution in [3.05, 3.63) is 184 Å². The predicted octanol–water partition coefficient (Wildman–Crippen LogP) is 8.79. The minimum atomic E-state index is -4.56. The molecular formula is C42H36Cl2SiZr. The minimum absolute atomic E-state index is 0. The molecule has 0 radical (unpaired) electrons. The van der Waals surface area contributed by atoms with Gasteiger partial charge in [0.2, 0.25) is 0 Å². The predicted molar refractivity (Wildman–Crippen MR) is 202 cm³/mol. The number of fused-ring (bicyclic) bond motifs is 3. The third-order valence-electron chi connectivity index (χ3n) is 10.1. The van der Waals surface area contributed by atoms with E-state index in [-0.39, 0.29) is 24.8 Å². The standard InChI is InChI=1S/C25H17.2C6H5.C5H5.2ClH.H2Si.Zr/c1-3-7-18(8-4-1)20-11-13-24-22(15-20)17-23-16-21(12-14-25(23)24)19-9-5-2-6-10-19;2*1-2-4-6-5-3-1;1-2-4-5-3-1;;;;/h1-15H,17H2;2*1-5H;1-3H,4H2;2*1H;1H2;. The molecule has 0 saturated heterocycles. The van der Waals surface area contributed by atoms with Gasteiger partial charge in [-0.3, -0.25) is 0 Å². The summed E-state index contributed by atoms with van der Waals surface area (Å²) in [5.41, 5.74) is 11.0. The van der Waals surface area contributed by atoms with Crippen LogP contribution in [0, 0.1) is 0 Å². The number of benzene rings is 6. The first-order valence-corrected chi connectivity index (χ1v) is 26.4. The molecule has 0 bridgehead atoms. The van der Waals surface area contributed by atoms with Crippen molar-refractivity contribution in [1.82, 2.24) is 0 Å². The van der Waals surface area contributed by atoms with Gasteiger partial charge in [0.25, 0.3) is 0 Å². The summed E-state index contributed by atoms with van der Waals surface area (Å²) in [6.07, 6.45) is 9.09. The van der Waals surface area contributed by atoms with Crippen molar-refractivity contribution >= 4 is 41.5 Å². The van der Waals surface area contributed by atoms with Crippen LogP contribution in [0.4, 0.5) is 0 Å². The first kappa shape index (κ1) is 32.4. The SMILES string of the molecule is Cl.Cl.[SiH2]=[Zr]([C]1=CC=CC1)([c]1ccccc1)([c]1ccccc1)[c]1c(-c2ccccc2)ccc2c1Cc1cc(-c3ccccc3)ccc1-2. The van der Waals surface area contributed by atoms with Gasteiger partial charge in [-0.05, 0) is 0 Å². The third-order valence-corrected chi connectivity index (χ3v) is 36.1. The molecule has 6 aromatic rings. The summed E-state index contributed by atoms with van der Waals surface area (Å²) in [7, 11) is 0. The Labute approximate surface area is 287 Å². The van der Waals surface area contributed by atoms with Crippen molar-refractivity contribution in [3.8, 4) is 33.4 Å². The number of rotatable bonds is 6. The van der Waals surface area contributed by atoms with Crippen LogP contribution >= 0.6 is 24.8 Å². The Balaban J connectivity index is 0.00000186. The molecule has 6 aromatic carbocycles. The van der Waals surface area contributed by atoms with Crippen LogP contribution < -0.4 is 9.81 Å². The quantitative estimate of drug-likeness (QED) is 0.150. The molecule has 0 nitrogen and oxygen atoms in total. The average molecular weight is 731 g/mol. The van der Waals surface area contributed by atoms with E-state index in [0.717, 1.165) is 12.8 Å². The van der Waals surface area contributed by atoms with Gasteiger partial charge in [0.1, 0.15) is 0 Å². The average Bonchev–Trinajstić information content (AvgIpc) is 3.78. The molecule has 0 aromatic heterocycles. The molecule has 2 aliphatic rings. The number of allylic oxidation sites excluding steroid dienone is 4. The molecule has 0 fully saturated rings. The second-order valence-corrected chi connectivity index (χ2v) is 33.5. The molecule has 46 heavy (non-hydrogen) atoms. The van der Waals surface area contributed by atoms with E-state index in [4.69, 9.17) is 0 Å². The van der Waals surface area contributed by atoms with Gasteiger partial charge in [-0.1, -0.05) is 0 Å². The van der Waals surface area contributed by atoms with Gasteiger partial charge >= 0.3 is 265 Å². The van der Waals surface area contributed by atoms with E-state index in [2.05, 4.69) is 177 Å². The summed E-state index contributed by atoms with van der Waals surface area (Å²) in [6.45, 7) is 2.38. The van der Waals surface area contributed by atoms with Crippen molar-refractivity contribution in [1.29, 1.82) is 0 Å².